The summed E-state index contributed by atoms with van der Waals surface area (Å²) in [5, 5.41) is 3.55. The van der Waals surface area contributed by atoms with Gasteiger partial charge in [-0.3, -0.25) is 0 Å². The van der Waals surface area contributed by atoms with Gasteiger partial charge in [0, 0.05) is 24.8 Å². The average molecular weight is 248 g/mol. The molecule has 1 rings (SSSR count). The predicted octanol–water partition coefficient (Wildman–Crippen LogP) is 3.68. The van der Waals surface area contributed by atoms with Gasteiger partial charge in [0.25, 0.3) is 0 Å². The highest BCUT2D eigenvalue weighted by Gasteiger charge is 2.05. The van der Waals surface area contributed by atoms with Crippen molar-refractivity contribution in [2.24, 2.45) is 0 Å². The SMILES string of the molecule is CCCNC(C)CCCN(CC)c1ccccc1. The minimum atomic E-state index is 0.638. The molecular weight excluding hydrogens is 220 g/mol. The van der Waals surface area contributed by atoms with Gasteiger partial charge < -0.3 is 10.2 Å². The highest BCUT2D eigenvalue weighted by molar-refractivity contribution is 5.45. The highest BCUT2D eigenvalue weighted by atomic mass is 15.1. The Kier molecular flexibility index (Phi) is 7.51. The summed E-state index contributed by atoms with van der Waals surface area (Å²) in [7, 11) is 0. The van der Waals surface area contributed by atoms with Gasteiger partial charge in [0.1, 0.15) is 0 Å². The van der Waals surface area contributed by atoms with Gasteiger partial charge in [-0.05, 0) is 51.8 Å². The molecule has 0 heterocycles. The van der Waals surface area contributed by atoms with E-state index in [9.17, 15) is 0 Å². The fourth-order valence-corrected chi connectivity index (χ4v) is 2.19. The first kappa shape index (κ1) is 15.0. The fourth-order valence-electron chi connectivity index (χ4n) is 2.19. The molecule has 0 amide bonds. The number of rotatable bonds is 9. The van der Waals surface area contributed by atoms with Gasteiger partial charge in [-0.2, -0.15) is 0 Å². The summed E-state index contributed by atoms with van der Waals surface area (Å²) in [6.45, 7) is 10.1. The summed E-state index contributed by atoms with van der Waals surface area (Å²) in [6.07, 6.45) is 3.72. The average Bonchev–Trinajstić information content (AvgIpc) is 2.42. The standard InChI is InChI=1S/C16H28N2/c1-4-13-17-15(3)10-9-14-18(5-2)16-11-7-6-8-12-16/h6-8,11-12,15,17H,4-5,9-10,13-14H2,1-3H3. The normalized spacial score (nSPS) is 12.4. The van der Waals surface area contributed by atoms with Crippen molar-refractivity contribution < 1.29 is 0 Å². The molecule has 1 atom stereocenters. The lowest BCUT2D eigenvalue weighted by Gasteiger charge is -2.24. The molecule has 1 unspecified atom stereocenters. The van der Waals surface area contributed by atoms with Gasteiger partial charge in [0.05, 0.1) is 0 Å². The van der Waals surface area contributed by atoms with Gasteiger partial charge in [0.15, 0.2) is 0 Å². The predicted molar refractivity (Wildman–Crippen MR) is 81.3 cm³/mol. The van der Waals surface area contributed by atoms with Crippen LogP contribution >= 0.6 is 0 Å². The number of hydrogen-bond donors (Lipinski definition) is 1. The first-order valence-corrected chi connectivity index (χ1v) is 7.31. The Bertz CT molecular complexity index is 297. The number of benzene rings is 1. The Morgan fingerprint density at radius 2 is 1.89 bits per heavy atom. The lowest BCUT2D eigenvalue weighted by molar-refractivity contribution is 0.497. The van der Waals surface area contributed by atoms with Crippen LogP contribution in [0.1, 0.15) is 40.0 Å². The molecule has 1 aromatic carbocycles. The molecule has 18 heavy (non-hydrogen) atoms. The zero-order valence-electron chi connectivity index (χ0n) is 12.2. The molecule has 2 heteroatoms. The van der Waals surface area contributed by atoms with E-state index in [0.717, 1.165) is 19.6 Å². The number of nitrogens with one attached hydrogen (secondary N) is 1. The van der Waals surface area contributed by atoms with Crippen LogP contribution < -0.4 is 10.2 Å². The molecule has 0 aliphatic heterocycles. The Morgan fingerprint density at radius 1 is 1.17 bits per heavy atom. The monoisotopic (exact) mass is 248 g/mol. The maximum atomic E-state index is 3.55. The minimum absolute atomic E-state index is 0.638. The molecule has 2 nitrogen and oxygen atoms in total. The molecule has 1 aromatic rings. The number of nitrogens with zero attached hydrogens (tertiary/aromatic N) is 1. The van der Waals surface area contributed by atoms with Crippen molar-refractivity contribution in [1.29, 1.82) is 0 Å². The van der Waals surface area contributed by atoms with E-state index in [0.29, 0.717) is 6.04 Å². The van der Waals surface area contributed by atoms with Crippen molar-refractivity contribution >= 4 is 5.69 Å². The molecule has 0 saturated carbocycles. The van der Waals surface area contributed by atoms with Crippen LogP contribution in [-0.2, 0) is 0 Å². The van der Waals surface area contributed by atoms with E-state index in [-0.39, 0.29) is 0 Å². The van der Waals surface area contributed by atoms with E-state index in [2.05, 4.69) is 61.3 Å². The highest BCUT2D eigenvalue weighted by Crippen LogP contribution is 2.13. The van der Waals surface area contributed by atoms with Crippen LogP contribution in [-0.4, -0.2) is 25.7 Å². The van der Waals surface area contributed by atoms with Crippen LogP contribution in [0.5, 0.6) is 0 Å². The molecule has 0 radical (unpaired) electrons. The van der Waals surface area contributed by atoms with E-state index in [1.807, 2.05) is 0 Å². The van der Waals surface area contributed by atoms with Crippen LogP contribution in [0.15, 0.2) is 30.3 Å². The molecule has 0 spiro atoms. The third kappa shape index (κ3) is 5.54. The summed E-state index contributed by atoms with van der Waals surface area (Å²) in [5.41, 5.74) is 1.34. The molecule has 0 bridgehead atoms. The maximum Gasteiger partial charge on any atom is 0.0366 e. The maximum absolute atomic E-state index is 3.55. The summed E-state index contributed by atoms with van der Waals surface area (Å²) in [6, 6.07) is 11.3. The first-order chi connectivity index (χ1) is 8.77. The largest absolute Gasteiger partial charge is 0.372 e. The molecule has 0 aliphatic carbocycles. The number of hydrogen-bond acceptors (Lipinski definition) is 2. The van der Waals surface area contributed by atoms with E-state index >= 15 is 0 Å². The van der Waals surface area contributed by atoms with Crippen molar-refractivity contribution in [3.05, 3.63) is 30.3 Å². The summed E-state index contributed by atoms with van der Waals surface area (Å²) in [4.78, 5) is 2.45. The summed E-state index contributed by atoms with van der Waals surface area (Å²) < 4.78 is 0. The second-order valence-electron chi connectivity index (χ2n) is 4.91. The number of para-hydroxylation sites is 1. The first-order valence-electron chi connectivity index (χ1n) is 7.31. The second kappa shape index (κ2) is 8.98. The van der Waals surface area contributed by atoms with Crippen LogP contribution in [0.25, 0.3) is 0 Å². The zero-order chi connectivity index (χ0) is 13.2. The van der Waals surface area contributed by atoms with Gasteiger partial charge >= 0.3 is 0 Å². The van der Waals surface area contributed by atoms with Gasteiger partial charge in [-0.25, -0.2) is 0 Å². The minimum Gasteiger partial charge on any atom is -0.372 e. The molecule has 1 N–H and O–H groups in total. The topological polar surface area (TPSA) is 15.3 Å². The molecule has 102 valence electrons. The van der Waals surface area contributed by atoms with Gasteiger partial charge in [-0.15, -0.1) is 0 Å². The third-order valence-electron chi connectivity index (χ3n) is 3.31. The van der Waals surface area contributed by atoms with Crippen LogP contribution in [0.4, 0.5) is 5.69 Å². The second-order valence-corrected chi connectivity index (χ2v) is 4.91. The van der Waals surface area contributed by atoms with E-state index in [4.69, 9.17) is 0 Å². The third-order valence-corrected chi connectivity index (χ3v) is 3.31. The lowest BCUT2D eigenvalue weighted by atomic mass is 10.1. The van der Waals surface area contributed by atoms with Crippen molar-refractivity contribution in [2.75, 3.05) is 24.5 Å². The van der Waals surface area contributed by atoms with Gasteiger partial charge in [0.2, 0.25) is 0 Å². The van der Waals surface area contributed by atoms with Crippen LogP contribution in [0.2, 0.25) is 0 Å². The van der Waals surface area contributed by atoms with Crippen molar-refractivity contribution in [1.82, 2.24) is 5.32 Å². The van der Waals surface area contributed by atoms with E-state index < -0.39 is 0 Å². The lowest BCUT2D eigenvalue weighted by Crippen LogP contribution is -2.29. The smallest absolute Gasteiger partial charge is 0.0366 e. The van der Waals surface area contributed by atoms with Crippen molar-refractivity contribution in [3.8, 4) is 0 Å². The molecule has 0 aromatic heterocycles. The molecule has 0 fully saturated rings. The van der Waals surface area contributed by atoms with E-state index in [1.165, 1.54) is 24.9 Å². The molecule has 0 aliphatic rings. The summed E-state index contributed by atoms with van der Waals surface area (Å²) in [5.74, 6) is 0. The van der Waals surface area contributed by atoms with Crippen LogP contribution in [0.3, 0.4) is 0 Å². The Labute approximate surface area is 112 Å². The van der Waals surface area contributed by atoms with E-state index in [1.54, 1.807) is 0 Å². The van der Waals surface area contributed by atoms with Crippen LogP contribution in [0, 0.1) is 0 Å². The number of anilines is 1. The fraction of sp³-hybridized carbons (Fsp3) is 0.625. The quantitative estimate of drug-likeness (QED) is 0.717. The Balaban J connectivity index is 2.28. The van der Waals surface area contributed by atoms with Crippen molar-refractivity contribution in [3.63, 3.8) is 0 Å². The van der Waals surface area contributed by atoms with Crippen molar-refractivity contribution in [2.45, 2.75) is 46.1 Å². The zero-order valence-corrected chi connectivity index (χ0v) is 12.2. The molecule has 0 saturated heterocycles. The Morgan fingerprint density at radius 3 is 2.50 bits per heavy atom. The Hall–Kier alpha value is -1.02. The van der Waals surface area contributed by atoms with Gasteiger partial charge in [-0.1, -0.05) is 25.1 Å². The molecular formula is C16H28N2. The summed E-state index contributed by atoms with van der Waals surface area (Å²) >= 11 is 0.